The molecule has 0 saturated carbocycles. The molecule has 3 amide bonds. The highest BCUT2D eigenvalue weighted by atomic mass is 19.4. The molecule has 2 heterocycles. The SMILES string of the molecule is CC(=O)CN(C)C(=O)/C(NC(C)C(=O)Nc1cccc(-c2ccc(C(F)(F)F)nc2)n1)=C(/N)N(C)C=O. The van der Waals surface area contributed by atoms with Crippen LogP contribution in [0.2, 0.25) is 0 Å². The Labute approximate surface area is 210 Å². The molecule has 37 heavy (non-hydrogen) atoms. The first-order valence-corrected chi connectivity index (χ1v) is 10.8. The van der Waals surface area contributed by atoms with Crippen molar-refractivity contribution in [1.82, 2.24) is 25.1 Å². The Morgan fingerprint density at radius 3 is 2.38 bits per heavy atom. The molecule has 0 spiro atoms. The summed E-state index contributed by atoms with van der Waals surface area (Å²) in [5.41, 5.74) is 5.15. The lowest BCUT2D eigenvalue weighted by atomic mass is 10.1. The van der Waals surface area contributed by atoms with E-state index < -0.39 is 29.7 Å². The molecule has 0 aliphatic heterocycles. The lowest BCUT2D eigenvalue weighted by Gasteiger charge is -2.24. The van der Waals surface area contributed by atoms with Crippen LogP contribution in [0.3, 0.4) is 0 Å². The second-order valence-electron chi connectivity index (χ2n) is 8.03. The lowest BCUT2D eigenvalue weighted by molar-refractivity contribution is -0.141. The van der Waals surface area contributed by atoms with Gasteiger partial charge >= 0.3 is 6.18 Å². The third-order valence-electron chi connectivity index (χ3n) is 4.92. The van der Waals surface area contributed by atoms with Crippen molar-refractivity contribution >= 4 is 29.8 Å². The van der Waals surface area contributed by atoms with Crippen molar-refractivity contribution in [3.8, 4) is 11.3 Å². The van der Waals surface area contributed by atoms with Crippen LogP contribution >= 0.6 is 0 Å². The summed E-state index contributed by atoms with van der Waals surface area (Å²) >= 11 is 0. The molecule has 0 aliphatic carbocycles. The van der Waals surface area contributed by atoms with Crippen LogP contribution in [0.4, 0.5) is 19.0 Å². The topological polar surface area (TPSA) is 151 Å². The number of pyridine rings is 2. The highest BCUT2D eigenvalue weighted by molar-refractivity contribution is 5.98. The molecule has 4 N–H and O–H groups in total. The monoisotopic (exact) mass is 521 g/mol. The van der Waals surface area contributed by atoms with Crippen molar-refractivity contribution in [3.63, 3.8) is 0 Å². The Kier molecular flexibility index (Phi) is 9.30. The van der Waals surface area contributed by atoms with Crippen LogP contribution in [0.25, 0.3) is 11.3 Å². The van der Waals surface area contributed by atoms with Gasteiger partial charge in [-0.15, -0.1) is 0 Å². The predicted octanol–water partition coefficient (Wildman–Crippen LogP) is 1.34. The number of carbonyl (C=O) groups is 4. The summed E-state index contributed by atoms with van der Waals surface area (Å²) in [4.78, 5) is 57.9. The molecule has 0 fully saturated rings. The molecule has 1 atom stereocenters. The molecule has 0 bridgehead atoms. The third kappa shape index (κ3) is 7.75. The number of hydrogen-bond donors (Lipinski definition) is 3. The second kappa shape index (κ2) is 12.0. The number of rotatable bonds is 10. The van der Waals surface area contributed by atoms with E-state index in [-0.39, 0.29) is 35.4 Å². The fourth-order valence-electron chi connectivity index (χ4n) is 2.97. The van der Waals surface area contributed by atoms with E-state index in [1.807, 2.05) is 0 Å². The predicted molar refractivity (Wildman–Crippen MR) is 127 cm³/mol. The van der Waals surface area contributed by atoms with E-state index in [9.17, 15) is 32.3 Å². The molecule has 2 aromatic rings. The van der Waals surface area contributed by atoms with Crippen LogP contribution in [0.5, 0.6) is 0 Å². The number of halogens is 3. The first kappa shape index (κ1) is 28.7. The van der Waals surface area contributed by atoms with Gasteiger partial charge in [-0.2, -0.15) is 13.2 Å². The standard InChI is InChI=1S/C23H26F3N7O4/c1-13(35)11-32(3)22(37)19(20(27)33(4)12-34)29-14(2)21(36)31-18-7-5-6-16(30-18)15-8-9-17(28-10-15)23(24,25)26/h5-10,12,14,29H,11,27H2,1-4H3,(H,30,31,36)/b20-19+. The van der Waals surface area contributed by atoms with Gasteiger partial charge in [0.25, 0.3) is 5.91 Å². The maximum Gasteiger partial charge on any atom is 0.433 e. The molecular weight excluding hydrogens is 495 g/mol. The van der Waals surface area contributed by atoms with Crippen molar-refractivity contribution < 1.29 is 32.3 Å². The van der Waals surface area contributed by atoms with Crippen molar-refractivity contribution in [2.45, 2.75) is 26.1 Å². The minimum absolute atomic E-state index is 0.0829. The minimum Gasteiger partial charge on any atom is -0.383 e. The van der Waals surface area contributed by atoms with Gasteiger partial charge in [0, 0.05) is 25.9 Å². The molecule has 2 aromatic heterocycles. The summed E-state index contributed by atoms with van der Waals surface area (Å²) in [5.74, 6) is -1.85. The van der Waals surface area contributed by atoms with Gasteiger partial charge in [0.05, 0.1) is 12.2 Å². The van der Waals surface area contributed by atoms with Gasteiger partial charge in [-0.3, -0.25) is 24.2 Å². The van der Waals surface area contributed by atoms with E-state index in [0.29, 0.717) is 12.0 Å². The van der Waals surface area contributed by atoms with Gasteiger partial charge in [-0.05, 0) is 38.1 Å². The van der Waals surface area contributed by atoms with Crippen LogP contribution < -0.4 is 16.4 Å². The van der Waals surface area contributed by atoms with Gasteiger partial charge in [-0.1, -0.05) is 6.07 Å². The largest absolute Gasteiger partial charge is 0.433 e. The van der Waals surface area contributed by atoms with E-state index in [1.54, 1.807) is 0 Å². The fraction of sp³-hybridized carbons (Fsp3) is 0.304. The number of aromatic nitrogens is 2. The molecule has 0 aliphatic rings. The zero-order chi connectivity index (χ0) is 27.9. The summed E-state index contributed by atoms with van der Waals surface area (Å²) in [7, 11) is 2.66. The highest BCUT2D eigenvalue weighted by Gasteiger charge is 2.32. The van der Waals surface area contributed by atoms with Crippen molar-refractivity contribution in [3.05, 3.63) is 53.7 Å². The van der Waals surface area contributed by atoms with Crippen LogP contribution in [0, 0.1) is 0 Å². The van der Waals surface area contributed by atoms with E-state index in [1.165, 1.54) is 52.2 Å². The van der Waals surface area contributed by atoms with Crippen LogP contribution in [-0.4, -0.2) is 70.5 Å². The minimum atomic E-state index is -4.58. The van der Waals surface area contributed by atoms with Crippen LogP contribution in [0.15, 0.2) is 48.0 Å². The van der Waals surface area contributed by atoms with Crippen molar-refractivity contribution in [1.29, 1.82) is 0 Å². The Morgan fingerprint density at radius 2 is 1.84 bits per heavy atom. The van der Waals surface area contributed by atoms with E-state index in [4.69, 9.17) is 5.73 Å². The molecular formula is C23H26F3N7O4. The number of Topliss-reactive ketones (excluding diaryl/α,β-unsaturated/α-hetero) is 1. The van der Waals surface area contributed by atoms with Gasteiger partial charge in [0.1, 0.15) is 34.9 Å². The van der Waals surface area contributed by atoms with Gasteiger partial charge in [-0.25, -0.2) is 4.98 Å². The summed E-state index contributed by atoms with van der Waals surface area (Å²) in [6, 6.07) is 5.49. The number of nitrogens with two attached hydrogens (primary N) is 1. The Morgan fingerprint density at radius 1 is 1.16 bits per heavy atom. The van der Waals surface area contributed by atoms with E-state index >= 15 is 0 Å². The third-order valence-corrected chi connectivity index (χ3v) is 4.92. The molecule has 1 unspecified atom stereocenters. The first-order chi connectivity index (χ1) is 17.2. The molecule has 0 radical (unpaired) electrons. The normalized spacial score (nSPS) is 12.6. The number of ketones is 1. The number of alkyl halides is 3. The number of hydrogen-bond acceptors (Lipinski definition) is 8. The number of amides is 3. The summed E-state index contributed by atoms with van der Waals surface area (Å²) in [6.45, 7) is 2.49. The summed E-state index contributed by atoms with van der Waals surface area (Å²) in [6.07, 6.45) is -3.19. The number of likely N-dealkylation sites (N-methyl/N-ethyl adjacent to an activating group) is 1. The molecule has 198 valence electrons. The van der Waals surface area contributed by atoms with Gasteiger partial charge in [0.2, 0.25) is 12.3 Å². The average Bonchev–Trinajstić information content (AvgIpc) is 2.85. The summed E-state index contributed by atoms with van der Waals surface area (Å²) in [5, 5.41) is 5.20. The average molecular weight is 522 g/mol. The maximum atomic E-state index is 12.9. The highest BCUT2D eigenvalue weighted by Crippen LogP contribution is 2.28. The Bertz CT molecular complexity index is 1200. The zero-order valence-electron chi connectivity index (χ0n) is 20.5. The Balaban J connectivity index is 2.22. The zero-order valence-corrected chi connectivity index (χ0v) is 20.5. The van der Waals surface area contributed by atoms with Crippen LogP contribution in [0.1, 0.15) is 19.5 Å². The number of nitrogens with zero attached hydrogens (tertiary/aromatic N) is 4. The quantitative estimate of drug-likeness (QED) is 0.313. The number of anilines is 1. The van der Waals surface area contributed by atoms with E-state index in [0.717, 1.165) is 22.1 Å². The number of nitrogens with one attached hydrogen (secondary N) is 2. The second-order valence-corrected chi connectivity index (χ2v) is 8.03. The first-order valence-electron chi connectivity index (χ1n) is 10.8. The van der Waals surface area contributed by atoms with Crippen molar-refractivity contribution in [2.24, 2.45) is 5.73 Å². The Hall–Kier alpha value is -4.49. The lowest BCUT2D eigenvalue weighted by Crippen LogP contribution is -2.46. The molecule has 0 saturated heterocycles. The number of carbonyl (C=O) groups excluding carboxylic acids is 4. The summed E-state index contributed by atoms with van der Waals surface area (Å²) < 4.78 is 38.3. The van der Waals surface area contributed by atoms with Crippen LogP contribution in [-0.2, 0) is 25.4 Å². The van der Waals surface area contributed by atoms with Crippen molar-refractivity contribution in [2.75, 3.05) is 26.0 Å². The maximum absolute atomic E-state index is 12.9. The van der Waals surface area contributed by atoms with Gasteiger partial charge < -0.3 is 26.2 Å². The molecule has 0 aromatic carbocycles. The van der Waals surface area contributed by atoms with Gasteiger partial charge in [0.15, 0.2) is 0 Å². The molecule has 14 heteroatoms. The molecule has 2 rings (SSSR count). The fourth-order valence-corrected chi connectivity index (χ4v) is 2.97. The van der Waals surface area contributed by atoms with E-state index in [2.05, 4.69) is 20.6 Å². The molecule has 11 nitrogen and oxygen atoms in total. The smallest absolute Gasteiger partial charge is 0.383 e.